The molecule has 0 atom stereocenters. The van der Waals surface area contributed by atoms with Crippen molar-refractivity contribution in [2.75, 3.05) is 50.3 Å². The van der Waals surface area contributed by atoms with Crippen molar-refractivity contribution in [1.82, 2.24) is 29.1 Å². The topological polar surface area (TPSA) is 95.1 Å². The third kappa shape index (κ3) is 6.03. The molecule has 0 unspecified atom stereocenters. The van der Waals surface area contributed by atoms with E-state index in [-0.39, 0.29) is 0 Å². The van der Waals surface area contributed by atoms with E-state index in [1.54, 1.807) is 24.9 Å². The molecule has 0 saturated carbocycles. The molecule has 7 rings (SSSR count). The minimum atomic E-state index is 0.475. The predicted octanol–water partition coefficient (Wildman–Crippen LogP) is 5.35. The van der Waals surface area contributed by atoms with Crippen molar-refractivity contribution < 1.29 is 14.2 Å². The summed E-state index contributed by atoms with van der Waals surface area (Å²) < 4.78 is 21.3. The van der Waals surface area contributed by atoms with E-state index in [0.717, 1.165) is 57.0 Å². The minimum Gasteiger partial charge on any atom is -0.497 e. The Morgan fingerprint density at radius 3 is 2.22 bits per heavy atom. The largest absolute Gasteiger partial charge is 0.497 e. The van der Waals surface area contributed by atoms with Crippen LogP contribution in [0.25, 0.3) is 16.7 Å². The van der Waals surface area contributed by atoms with Crippen molar-refractivity contribution in [3.63, 3.8) is 0 Å². The lowest BCUT2D eigenvalue weighted by atomic mass is 10.2. The molecule has 0 bridgehead atoms. The highest BCUT2D eigenvalue weighted by Gasteiger charge is 2.24. The number of ether oxygens (including phenoxy) is 3. The Kier molecular flexibility index (Phi) is 8.23. The number of halogens is 1. The molecular formula is C33H33BrN8O3. The number of para-hydroxylation sites is 2. The van der Waals surface area contributed by atoms with Gasteiger partial charge in [-0.05, 0) is 63.5 Å². The van der Waals surface area contributed by atoms with Gasteiger partial charge in [0.15, 0.2) is 5.65 Å². The molecule has 1 aliphatic heterocycles. The van der Waals surface area contributed by atoms with E-state index in [1.165, 1.54) is 0 Å². The second-order valence-corrected chi connectivity index (χ2v) is 11.7. The van der Waals surface area contributed by atoms with E-state index in [2.05, 4.69) is 77.9 Å². The van der Waals surface area contributed by atoms with E-state index in [4.69, 9.17) is 29.2 Å². The summed E-state index contributed by atoms with van der Waals surface area (Å²) in [6.07, 6.45) is 1.76. The van der Waals surface area contributed by atoms with Crippen molar-refractivity contribution in [2.24, 2.45) is 0 Å². The van der Waals surface area contributed by atoms with Gasteiger partial charge in [0.2, 0.25) is 11.9 Å². The van der Waals surface area contributed by atoms with Gasteiger partial charge in [-0.2, -0.15) is 19.6 Å². The zero-order valence-corrected chi connectivity index (χ0v) is 26.7. The van der Waals surface area contributed by atoms with E-state index < -0.39 is 0 Å². The zero-order valence-electron chi connectivity index (χ0n) is 25.1. The van der Waals surface area contributed by atoms with Crippen LogP contribution >= 0.6 is 15.9 Å². The maximum absolute atomic E-state index is 5.61. The summed E-state index contributed by atoms with van der Waals surface area (Å²) in [5, 5.41) is 4.69. The lowest BCUT2D eigenvalue weighted by Gasteiger charge is -2.29. The van der Waals surface area contributed by atoms with Crippen LogP contribution in [0.3, 0.4) is 0 Å². The first-order valence-electron chi connectivity index (χ1n) is 14.8. The van der Waals surface area contributed by atoms with Crippen LogP contribution in [0, 0.1) is 0 Å². The Balaban J connectivity index is 1.34. The maximum Gasteiger partial charge on any atom is 0.232 e. The number of hydrogen-bond donors (Lipinski definition) is 0. The van der Waals surface area contributed by atoms with Crippen LogP contribution in [0.2, 0.25) is 0 Å². The number of aromatic nitrogens is 6. The minimum absolute atomic E-state index is 0.475. The molecular weight excluding hydrogens is 636 g/mol. The Hall–Kier alpha value is -4.68. The van der Waals surface area contributed by atoms with Crippen molar-refractivity contribution in [1.29, 1.82) is 0 Å². The standard InChI is InChI=1S/C33H33BrN8O3/c1-43-25-11-7-23(8-12-25)20-40(33-38-32(39-15-17-45-18-16-39)37-31-27(34)19-35-42(31)33)22-30-36-28-5-3-4-6-29(28)41(30)21-24-9-13-26(44-2)14-10-24/h3-14,19H,15-18,20-22H2,1-2H3. The summed E-state index contributed by atoms with van der Waals surface area (Å²) in [5.41, 5.74) is 4.95. The van der Waals surface area contributed by atoms with Gasteiger partial charge in [-0.15, -0.1) is 0 Å². The number of rotatable bonds is 10. The van der Waals surface area contributed by atoms with Gasteiger partial charge in [-0.25, -0.2) is 4.98 Å². The smallest absolute Gasteiger partial charge is 0.232 e. The Bertz CT molecular complexity index is 1920. The third-order valence-corrected chi connectivity index (χ3v) is 8.53. The summed E-state index contributed by atoms with van der Waals surface area (Å²) in [5.74, 6) is 3.86. The van der Waals surface area contributed by atoms with Crippen molar-refractivity contribution in [3.8, 4) is 11.5 Å². The number of nitrogens with zero attached hydrogens (tertiary/aromatic N) is 8. The average molecular weight is 670 g/mol. The van der Waals surface area contributed by atoms with Crippen LogP contribution in [0.15, 0.2) is 83.5 Å². The second-order valence-electron chi connectivity index (χ2n) is 10.8. The molecule has 3 aromatic carbocycles. The first kappa shape index (κ1) is 29.1. The quantitative estimate of drug-likeness (QED) is 0.192. The predicted molar refractivity (Wildman–Crippen MR) is 176 cm³/mol. The van der Waals surface area contributed by atoms with Gasteiger partial charge in [-0.1, -0.05) is 36.4 Å². The molecule has 0 radical (unpaired) electrons. The molecule has 230 valence electrons. The molecule has 1 aliphatic rings. The molecule has 45 heavy (non-hydrogen) atoms. The highest BCUT2D eigenvalue weighted by molar-refractivity contribution is 9.10. The number of fused-ring (bicyclic) bond motifs is 2. The molecule has 3 aromatic heterocycles. The van der Waals surface area contributed by atoms with Crippen LogP contribution in [-0.2, 0) is 24.4 Å². The average Bonchev–Trinajstić information content (AvgIpc) is 3.64. The van der Waals surface area contributed by atoms with Gasteiger partial charge in [0.05, 0.1) is 55.7 Å². The van der Waals surface area contributed by atoms with E-state index in [9.17, 15) is 0 Å². The fourth-order valence-electron chi connectivity index (χ4n) is 5.59. The molecule has 12 heteroatoms. The number of benzene rings is 3. The Morgan fingerprint density at radius 2 is 1.51 bits per heavy atom. The molecule has 1 fully saturated rings. The van der Waals surface area contributed by atoms with Gasteiger partial charge in [-0.3, -0.25) is 0 Å². The Morgan fingerprint density at radius 1 is 0.822 bits per heavy atom. The molecule has 0 aliphatic carbocycles. The lowest BCUT2D eigenvalue weighted by molar-refractivity contribution is 0.122. The summed E-state index contributed by atoms with van der Waals surface area (Å²) in [7, 11) is 3.36. The van der Waals surface area contributed by atoms with E-state index in [0.29, 0.717) is 50.4 Å². The number of imidazole rings is 1. The molecule has 0 amide bonds. The van der Waals surface area contributed by atoms with Crippen molar-refractivity contribution in [3.05, 3.63) is 100 Å². The number of hydrogen-bond acceptors (Lipinski definition) is 9. The van der Waals surface area contributed by atoms with E-state index >= 15 is 0 Å². The van der Waals surface area contributed by atoms with Crippen LogP contribution in [0.4, 0.5) is 11.9 Å². The van der Waals surface area contributed by atoms with E-state index in [1.807, 2.05) is 30.3 Å². The highest BCUT2D eigenvalue weighted by Crippen LogP contribution is 2.28. The van der Waals surface area contributed by atoms with Crippen LogP contribution in [0.5, 0.6) is 11.5 Å². The molecule has 1 saturated heterocycles. The molecule has 4 heterocycles. The SMILES string of the molecule is COc1ccc(CN(Cc2nc3ccccc3n2Cc2ccc(OC)cc2)c2nc(N3CCOCC3)nc3c(Br)cnn23)cc1. The van der Waals surface area contributed by atoms with Gasteiger partial charge in [0.25, 0.3) is 0 Å². The molecule has 0 N–H and O–H groups in total. The monoisotopic (exact) mass is 668 g/mol. The zero-order chi connectivity index (χ0) is 30.8. The molecule has 0 spiro atoms. The van der Waals surface area contributed by atoms with Crippen LogP contribution < -0.4 is 19.3 Å². The maximum atomic E-state index is 5.61. The number of morpholine rings is 1. The molecule has 11 nitrogen and oxygen atoms in total. The second kappa shape index (κ2) is 12.7. The third-order valence-electron chi connectivity index (χ3n) is 7.97. The van der Waals surface area contributed by atoms with Crippen molar-refractivity contribution in [2.45, 2.75) is 19.6 Å². The Labute approximate surface area is 269 Å². The van der Waals surface area contributed by atoms with Crippen LogP contribution in [0.1, 0.15) is 17.0 Å². The van der Waals surface area contributed by atoms with Crippen molar-refractivity contribution >= 4 is 44.5 Å². The summed E-state index contributed by atoms with van der Waals surface area (Å²) >= 11 is 3.67. The molecule has 6 aromatic rings. The number of anilines is 2. The lowest BCUT2D eigenvalue weighted by Crippen LogP contribution is -2.38. The first-order chi connectivity index (χ1) is 22.1. The van der Waals surface area contributed by atoms with Gasteiger partial charge < -0.3 is 28.6 Å². The normalized spacial score (nSPS) is 13.4. The summed E-state index contributed by atoms with van der Waals surface area (Å²) in [4.78, 5) is 19.6. The fraction of sp³-hybridized carbons (Fsp3) is 0.273. The fourth-order valence-corrected chi connectivity index (χ4v) is 5.94. The summed E-state index contributed by atoms with van der Waals surface area (Å²) in [6.45, 7) is 4.39. The van der Waals surface area contributed by atoms with Gasteiger partial charge in [0.1, 0.15) is 17.3 Å². The summed E-state index contributed by atoms with van der Waals surface area (Å²) in [6, 6.07) is 24.5. The first-order valence-corrected chi connectivity index (χ1v) is 15.6. The highest BCUT2D eigenvalue weighted by atomic mass is 79.9. The van der Waals surface area contributed by atoms with Gasteiger partial charge in [0, 0.05) is 26.2 Å². The van der Waals surface area contributed by atoms with Crippen LogP contribution in [-0.4, -0.2) is 69.7 Å². The van der Waals surface area contributed by atoms with Gasteiger partial charge >= 0.3 is 0 Å². The number of methoxy groups -OCH3 is 2.